The number of carboxylic acid groups (broad SMARTS) is 1. The largest absolute Gasteiger partial charge is 0.480 e. The van der Waals surface area contributed by atoms with Gasteiger partial charge in [0.2, 0.25) is 0 Å². The number of amides is 1. The summed E-state index contributed by atoms with van der Waals surface area (Å²) in [5.74, 6) is -1.09. The summed E-state index contributed by atoms with van der Waals surface area (Å²) in [4.78, 5) is 36.6. The molecule has 21 heavy (non-hydrogen) atoms. The summed E-state index contributed by atoms with van der Waals surface area (Å²) in [6.45, 7) is 1.99. The summed E-state index contributed by atoms with van der Waals surface area (Å²) in [7, 11) is 1.45. The van der Waals surface area contributed by atoms with Crippen molar-refractivity contribution in [1.82, 2.24) is 14.7 Å². The molecule has 0 radical (unpaired) electrons. The number of hydrogen-bond acceptors (Lipinski definition) is 5. The van der Waals surface area contributed by atoms with Gasteiger partial charge in [-0.3, -0.25) is 9.59 Å². The zero-order chi connectivity index (χ0) is 15.6. The molecule has 1 aromatic heterocycles. The van der Waals surface area contributed by atoms with Crippen molar-refractivity contribution in [3.05, 3.63) is 28.2 Å². The Kier molecular flexibility index (Phi) is 4.66. The van der Waals surface area contributed by atoms with E-state index in [0.29, 0.717) is 5.75 Å². The zero-order valence-electron chi connectivity index (χ0n) is 11.9. The Morgan fingerprint density at radius 2 is 2.19 bits per heavy atom. The topological polar surface area (TPSA) is 92.5 Å². The standard InChI is InChI=1S/C13H17N3O4S/c1-3-4-11-16(9(7-21-11)13(19)20)12(18)8-5-6-10(17)15(2)14-8/h5-6,9,11H,3-4,7H2,1-2H3,(H,19,20). The highest BCUT2D eigenvalue weighted by atomic mass is 32.2. The molecule has 0 aromatic carbocycles. The molecule has 0 aliphatic carbocycles. The summed E-state index contributed by atoms with van der Waals surface area (Å²) >= 11 is 1.47. The molecule has 0 saturated carbocycles. The van der Waals surface area contributed by atoms with Gasteiger partial charge in [0.15, 0.2) is 0 Å². The third kappa shape index (κ3) is 3.10. The first kappa shape index (κ1) is 15.6. The molecule has 1 aliphatic heterocycles. The van der Waals surface area contributed by atoms with Crippen LogP contribution in [0, 0.1) is 0 Å². The minimum absolute atomic E-state index is 0.0898. The van der Waals surface area contributed by atoms with Crippen molar-refractivity contribution in [2.45, 2.75) is 31.2 Å². The number of hydrogen-bond donors (Lipinski definition) is 1. The molecule has 2 atom stereocenters. The average molecular weight is 311 g/mol. The molecular formula is C13H17N3O4S. The number of aromatic nitrogens is 2. The van der Waals surface area contributed by atoms with E-state index < -0.39 is 17.9 Å². The smallest absolute Gasteiger partial charge is 0.327 e. The SMILES string of the molecule is CCCC1SCC(C(=O)O)N1C(=O)c1ccc(=O)n(C)n1. The van der Waals surface area contributed by atoms with E-state index >= 15 is 0 Å². The maximum absolute atomic E-state index is 12.6. The van der Waals surface area contributed by atoms with Crippen LogP contribution in [0.15, 0.2) is 16.9 Å². The van der Waals surface area contributed by atoms with Crippen LogP contribution in [0.25, 0.3) is 0 Å². The number of aryl methyl sites for hydroxylation is 1. The van der Waals surface area contributed by atoms with Crippen molar-refractivity contribution in [2.75, 3.05) is 5.75 Å². The van der Waals surface area contributed by atoms with E-state index in [2.05, 4.69) is 5.10 Å². The van der Waals surface area contributed by atoms with Crippen LogP contribution in [0.1, 0.15) is 30.3 Å². The lowest BCUT2D eigenvalue weighted by molar-refractivity contribution is -0.141. The molecule has 114 valence electrons. The molecule has 1 aliphatic rings. The average Bonchev–Trinajstić information content (AvgIpc) is 2.85. The summed E-state index contributed by atoms with van der Waals surface area (Å²) in [6.07, 6.45) is 1.58. The summed E-state index contributed by atoms with van der Waals surface area (Å²) in [6, 6.07) is 1.75. The number of aliphatic carboxylic acids is 1. The van der Waals surface area contributed by atoms with Crippen molar-refractivity contribution in [2.24, 2.45) is 7.05 Å². The lowest BCUT2D eigenvalue weighted by Gasteiger charge is -2.26. The van der Waals surface area contributed by atoms with Gasteiger partial charge in [-0.1, -0.05) is 13.3 Å². The van der Waals surface area contributed by atoms with Crippen LogP contribution >= 0.6 is 11.8 Å². The minimum atomic E-state index is -1.01. The number of nitrogens with zero attached hydrogens (tertiary/aromatic N) is 3. The Balaban J connectivity index is 2.33. The third-order valence-corrected chi connectivity index (χ3v) is 4.68. The van der Waals surface area contributed by atoms with Crippen molar-refractivity contribution in [3.8, 4) is 0 Å². The van der Waals surface area contributed by atoms with Gasteiger partial charge >= 0.3 is 5.97 Å². The molecule has 2 rings (SSSR count). The van der Waals surface area contributed by atoms with E-state index in [1.807, 2.05) is 6.92 Å². The molecule has 0 spiro atoms. The molecule has 1 saturated heterocycles. The predicted molar refractivity (Wildman–Crippen MR) is 78.2 cm³/mol. The molecule has 2 unspecified atom stereocenters. The molecule has 2 heterocycles. The van der Waals surface area contributed by atoms with Crippen LogP contribution in [0.3, 0.4) is 0 Å². The number of rotatable bonds is 4. The lowest BCUT2D eigenvalue weighted by Crippen LogP contribution is -2.46. The second-order valence-electron chi connectivity index (χ2n) is 4.82. The first-order valence-corrected chi connectivity index (χ1v) is 7.72. The zero-order valence-corrected chi connectivity index (χ0v) is 12.7. The van der Waals surface area contributed by atoms with Crippen molar-refractivity contribution < 1.29 is 14.7 Å². The van der Waals surface area contributed by atoms with E-state index in [-0.39, 0.29) is 16.6 Å². The Hall–Kier alpha value is -1.83. The Labute approximate surface area is 125 Å². The highest BCUT2D eigenvalue weighted by Crippen LogP contribution is 2.33. The van der Waals surface area contributed by atoms with E-state index in [0.717, 1.165) is 17.5 Å². The summed E-state index contributed by atoms with van der Waals surface area (Å²) in [5, 5.41) is 13.0. The van der Waals surface area contributed by atoms with Gasteiger partial charge in [0, 0.05) is 18.9 Å². The Morgan fingerprint density at radius 1 is 1.48 bits per heavy atom. The number of carbonyl (C=O) groups is 2. The molecule has 1 fully saturated rings. The number of carboxylic acids is 1. The van der Waals surface area contributed by atoms with Crippen molar-refractivity contribution in [1.29, 1.82) is 0 Å². The van der Waals surface area contributed by atoms with Crippen LogP contribution in [0.2, 0.25) is 0 Å². The number of thioether (sulfide) groups is 1. The molecule has 1 aromatic rings. The highest BCUT2D eigenvalue weighted by molar-refractivity contribution is 8.00. The fourth-order valence-corrected chi connectivity index (χ4v) is 3.76. The first-order chi connectivity index (χ1) is 9.95. The van der Waals surface area contributed by atoms with E-state index in [1.165, 1.54) is 35.8 Å². The molecular weight excluding hydrogens is 294 g/mol. The van der Waals surface area contributed by atoms with Gasteiger partial charge in [-0.05, 0) is 12.5 Å². The van der Waals surface area contributed by atoms with Crippen molar-refractivity contribution >= 4 is 23.6 Å². The van der Waals surface area contributed by atoms with Crippen LogP contribution in [-0.4, -0.2) is 48.8 Å². The maximum atomic E-state index is 12.6. The van der Waals surface area contributed by atoms with Crippen LogP contribution in [-0.2, 0) is 11.8 Å². The second-order valence-corrected chi connectivity index (χ2v) is 6.03. The quantitative estimate of drug-likeness (QED) is 0.873. The lowest BCUT2D eigenvalue weighted by atomic mass is 10.2. The highest BCUT2D eigenvalue weighted by Gasteiger charge is 2.41. The van der Waals surface area contributed by atoms with Gasteiger partial charge in [0.1, 0.15) is 11.7 Å². The van der Waals surface area contributed by atoms with Gasteiger partial charge in [0.05, 0.1) is 5.37 Å². The summed E-state index contributed by atoms with van der Waals surface area (Å²) < 4.78 is 1.07. The fraction of sp³-hybridized carbons (Fsp3) is 0.538. The minimum Gasteiger partial charge on any atom is -0.480 e. The molecule has 1 amide bonds. The second kappa shape index (κ2) is 6.30. The van der Waals surface area contributed by atoms with Crippen LogP contribution in [0.5, 0.6) is 0 Å². The molecule has 7 nitrogen and oxygen atoms in total. The Bertz CT molecular complexity index is 616. The first-order valence-electron chi connectivity index (χ1n) is 6.67. The van der Waals surface area contributed by atoms with Crippen LogP contribution in [0.4, 0.5) is 0 Å². The fourth-order valence-electron chi connectivity index (χ4n) is 2.24. The Morgan fingerprint density at radius 3 is 2.76 bits per heavy atom. The van der Waals surface area contributed by atoms with E-state index in [4.69, 9.17) is 0 Å². The normalized spacial score (nSPS) is 21.5. The monoisotopic (exact) mass is 311 g/mol. The molecule has 0 bridgehead atoms. The van der Waals surface area contributed by atoms with Gasteiger partial charge in [0.25, 0.3) is 11.5 Å². The maximum Gasteiger partial charge on any atom is 0.327 e. The van der Waals surface area contributed by atoms with Gasteiger partial charge in [-0.2, -0.15) is 5.10 Å². The van der Waals surface area contributed by atoms with E-state index in [9.17, 15) is 19.5 Å². The van der Waals surface area contributed by atoms with E-state index in [1.54, 1.807) is 0 Å². The summed E-state index contributed by atoms with van der Waals surface area (Å²) in [5.41, 5.74) is -0.228. The number of carbonyl (C=O) groups excluding carboxylic acids is 1. The van der Waals surface area contributed by atoms with Gasteiger partial charge in [-0.15, -0.1) is 11.8 Å². The van der Waals surface area contributed by atoms with Crippen LogP contribution < -0.4 is 5.56 Å². The third-order valence-electron chi connectivity index (χ3n) is 3.33. The molecule has 1 N–H and O–H groups in total. The van der Waals surface area contributed by atoms with Crippen molar-refractivity contribution in [3.63, 3.8) is 0 Å². The van der Waals surface area contributed by atoms with Gasteiger partial charge < -0.3 is 10.0 Å². The molecule has 8 heteroatoms. The van der Waals surface area contributed by atoms with Gasteiger partial charge in [-0.25, -0.2) is 9.48 Å². The predicted octanol–water partition coefficient (Wildman–Crippen LogP) is 0.549.